The minimum Gasteiger partial charge on any atom is -0.497 e. The Kier molecular flexibility index (Phi) is 6.51. The standard InChI is InChI=1S/C26H25N3O3S/c1-16-9-12-20(15-17(16)2)29-25(31)22-7-5-6-8-23(22)28-26(29)33-18(3)24(30)27-19-10-13-21(32-4)14-11-19/h5-15,18H,1-4H3,(H,27,30). The predicted molar refractivity (Wildman–Crippen MR) is 134 cm³/mol. The molecule has 3 aromatic carbocycles. The van der Waals surface area contributed by atoms with Gasteiger partial charge in [0.1, 0.15) is 5.75 Å². The first-order chi connectivity index (χ1) is 15.9. The highest BCUT2D eigenvalue weighted by molar-refractivity contribution is 8.00. The summed E-state index contributed by atoms with van der Waals surface area (Å²) >= 11 is 1.25. The lowest BCUT2D eigenvalue weighted by atomic mass is 10.1. The molecule has 0 aliphatic carbocycles. The zero-order valence-electron chi connectivity index (χ0n) is 19.0. The third-order valence-electron chi connectivity index (χ3n) is 5.50. The highest BCUT2D eigenvalue weighted by Gasteiger charge is 2.20. The fraction of sp³-hybridized carbons (Fsp3) is 0.192. The SMILES string of the molecule is COc1ccc(NC(=O)C(C)Sc2nc3ccccc3c(=O)n2-c2ccc(C)c(C)c2)cc1. The van der Waals surface area contributed by atoms with Gasteiger partial charge in [-0.1, -0.05) is 30.0 Å². The van der Waals surface area contributed by atoms with Crippen molar-refractivity contribution in [2.24, 2.45) is 0 Å². The van der Waals surface area contributed by atoms with Crippen LogP contribution >= 0.6 is 11.8 Å². The average Bonchev–Trinajstić information content (AvgIpc) is 2.82. The largest absolute Gasteiger partial charge is 0.497 e. The van der Waals surface area contributed by atoms with E-state index in [0.29, 0.717) is 27.5 Å². The third-order valence-corrected chi connectivity index (χ3v) is 6.55. The molecule has 0 fully saturated rings. The molecule has 0 saturated carbocycles. The van der Waals surface area contributed by atoms with Crippen LogP contribution in [0.15, 0.2) is 76.7 Å². The number of fused-ring (bicyclic) bond motifs is 1. The second kappa shape index (κ2) is 9.50. The van der Waals surface area contributed by atoms with Crippen molar-refractivity contribution in [1.29, 1.82) is 0 Å². The van der Waals surface area contributed by atoms with Crippen molar-refractivity contribution in [2.75, 3.05) is 12.4 Å². The van der Waals surface area contributed by atoms with Crippen LogP contribution in [0.4, 0.5) is 5.69 Å². The van der Waals surface area contributed by atoms with Crippen LogP contribution in [0.3, 0.4) is 0 Å². The zero-order valence-corrected chi connectivity index (χ0v) is 19.8. The number of carbonyl (C=O) groups excluding carboxylic acids is 1. The number of aryl methyl sites for hydroxylation is 2. The lowest BCUT2D eigenvalue weighted by Gasteiger charge is -2.17. The van der Waals surface area contributed by atoms with Crippen molar-refractivity contribution in [1.82, 2.24) is 9.55 Å². The number of anilines is 1. The number of nitrogens with one attached hydrogen (secondary N) is 1. The average molecular weight is 460 g/mol. The molecule has 0 radical (unpaired) electrons. The second-order valence-corrected chi connectivity index (χ2v) is 9.11. The molecule has 0 spiro atoms. The summed E-state index contributed by atoms with van der Waals surface area (Å²) in [4.78, 5) is 31.1. The first kappa shape index (κ1) is 22.6. The van der Waals surface area contributed by atoms with Crippen molar-refractivity contribution >= 4 is 34.3 Å². The second-order valence-electron chi connectivity index (χ2n) is 7.80. The van der Waals surface area contributed by atoms with Crippen LogP contribution in [0.25, 0.3) is 16.6 Å². The summed E-state index contributed by atoms with van der Waals surface area (Å²) < 4.78 is 6.75. The van der Waals surface area contributed by atoms with Crippen LogP contribution < -0.4 is 15.6 Å². The van der Waals surface area contributed by atoms with E-state index in [0.717, 1.165) is 16.8 Å². The summed E-state index contributed by atoms with van der Waals surface area (Å²) in [7, 11) is 1.60. The van der Waals surface area contributed by atoms with Crippen LogP contribution in [0.5, 0.6) is 5.75 Å². The number of benzene rings is 3. The van der Waals surface area contributed by atoms with Crippen molar-refractivity contribution in [3.8, 4) is 11.4 Å². The number of para-hydroxylation sites is 1. The van der Waals surface area contributed by atoms with Crippen molar-refractivity contribution in [2.45, 2.75) is 31.2 Å². The van der Waals surface area contributed by atoms with E-state index in [-0.39, 0.29) is 11.5 Å². The molecule has 1 unspecified atom stereocenters. The van der Waals surface area contributed by atoms with E-state index >= 15 is 0 Å². The maximum atomic E-state index is 13.4. The molecule has 1 N–H and O–H groups in total. The Morgan fingerprint density at radius 3 is 2.45 bits per heavy atom. The first-order valence-corrected chi connectivity index (χ1v) is 11.5. The molecule has 168 valence electrons. The summed E-state index contributed by atoms with van der Waals surface area (Å²) in [5.74, 6) is 0.535. The van der Waals surface area contributed by atoms with Gasteiger partial charge < -0.3 is 10.1 Å². The highest BCUT2D eigenvalue weighted by atomic mass is 32.2. The predicted octanol–water partition coefficient (Wildman–Crippen LogP) is 5.13. The Balaban J connectivity index is 1.70. The van der Waals surface area contributed by atoms with Crippen molar-refractivity contribution in [3.63, 3.8) is 0 Å². The molecule has 0 aliphatic rings. The van der Waals surface area contributed by atoms with Crippen LogP contribution in [-0.4, -0.2) is 27.8 Å². The van der Waals surface area contributed by atoms with Gasteiger partial charge in [0.15, 0.2) is 5.16 Å². The Morgan fingerprint density at radius 1 is 1.03 bits per heavy atom. The van der Waals surface area contributed by atoms with E-state index in [1.165, 1.54) is 11.8 Å². The number of thioether (sulfide) groups is 1. The zero-order chi connectivity index (χ0) is 23.5. The van der Waals surface area contributed by atoms with Gasteiger partial charge in [0.05, 0.1) is 29.0 Å². The molecular formula is C26H25N3O3S. The molecule has 33 heavy (non-hydrogen) atoms. The van der Waals surface area contributed by atoms with Crippen molar-refractivity contribution in [3.05, 3.63) is 88.2 Å². The Morgan fingerprint density at radius 2 is 1.76 bits per heavy atom. The number of amides is 1. The van der Waals surface area contributed by atoms with Gasteiger partial charge in [0.2, 0.25) is 5.91 Å². The van der Waals surface area contributed by atoms with Gasteiger partial charge in [-0.05, 0) is 80.4 Å². The van der Waals surface area contributed by atoms with Gasteiger partial charge in [-0.25, -0.2) is 4.98 Å². The number of nitrogens with zero attached hydrogens (tertiary/aromatic N) is 2. The molecule has 0 bridgehead atoms. The monoisotopic (exact) mass is 459 g/mol. The maximum Gasteiger partial charge on any atom is 0.266 e. The Labute approximate surface area is 196 Å². The third kappa shape index (κ3) is 4.78. The quantitative estimate of drug-likeness (QED) is 0.320. The number of methoxy groups -OCH3 is 1. The molecule has 1 heterocycles. The van der Waals surface area contributed by atoms with Crippen LogP contribution in [0.2, 0.25) is 0 Å². The first-order valence-electron chi connectivity index (χ1n) is 10.6. The molecule has 1 amide bonds. The summed E-state index contributed by atoms with van der Waals surface area (Å²) in [6.45, 7) is 5.84. The number of rotatable bonds is 6. The van der Waals surface area contributed by atoms with Crippen LogP contribution in [0.1, 0.15) is 18.1 Å². The number of hydrogen-bond acceptors (Lipinski definition) is 5. The molecular weight excluding hydrogens is 434 g/mol. The van der Waals surface area contributed by atoms with Crippen molar-refractivity contribution < 1.29 is 9.53 Å². The van der Waals surface area contributed by atoms with Gasteiger partial charge in [-0.3, -0.25) is 14.2 Å². The maximum absolute atomic E-state index is 13.4. The topological polar surface area (TPSA) is 73.2 Å². The van der Waals surface area contributed by atoms with E-state index in [1.807, 2.05) is 50.2 Å². The minimum atomic E-state index is -0.488. The summed E-state index contributed by atoms with van der Waals surface area (Å²) in [6.07, 6.45) is 0. The van der Waals surface area contributed by atoms with E-state index < -0.39 is 5.25 Å². The van der Waals surface area contributed by atoms with Gasteiger partial charge in [0.25, 0.3) is 5.56 Å². The van der Waals surface area contributed by atoms with E-state index in [9.17, 15) is 9.59 Å². The number of ether oxygens (including phenoxy) is 1. The normalized spacial score (nSPS) is 11.9. The lowest BCUT2D eigenvalue weighted by Crippen LogP contribution is -2.26. The number of aromatic nitrogens is 2. The fourth-order valence-electron chi connectivity index (χ4n) is 3.41. The molecule has 1 atom stereocenters. The van der Waals surface area contributed by atoms with Gasteiger partial charge >= 0.3 is 0 Å². The smallest absolute Gasteiger partial charge is 0.266 e. The van der Waals surface area contributed by atoms with Gasteiger partial charge in [0, 0.05) is 5.69 Å². The molecule has 7 heteroatoms. The van der Waals surface area contributed by atoms with E-state index in [4.69, 9.17) is 9.72 Å². The van der Waals surface area contributed by atoms with Gasteiger partial charge in [-0.2, -0.15) is 0 Å². The van der Waals surface area contributed by atoms with Crippen LogP contribution in [-0.2, 0) is 4.79 Å². The number of hydrogen-bond donors (Lipinski definition) is 1. The van der Waals surface area contributed by atoms with Crippen LogP contribution in [0, 0.1) is 13.8 Å². The number of carbonyl (C=O) groups is 1. The molecule has 0 aliphatic heterocycles. The molecule has 1 aromatic heterocycles. The highest BCUT2D eigenvalue weighted by Crippen LogP contribution is 2.27. The summed E-state index contributed by atoms with van der Waals surface area (Å²) in [5, 5.41) is 3.43. The van der Waals surface area contributed by atoms with E-state index in [1.54, 1.807) is 48.9 Å². The molecule has 4 rings (SSSR count). The van der Waals surface area contributed by atoms with Gasteiger partial charge in [-0.15, -0.1) is 0 Å². The molecule has 0 saturated heterocycles. The summed E-state index contributed by atoms with van der Waals surface area (Å²) in [5.41, 5.74) is 4.07. The molecule has 6 nitrogen and oxygen atoms in total. The minimum absolute atomic E-state index is 0.158. The Bertz CT molecular complexity index is 1380. The molecule has 4 aromatic rings. The lowest BCUT2D eigenvalue weighted by molar-refractivity contribution is -0.115. The Hall–Kier alpha value is -3.58. The van der Waals surface area contributed by atoms with E-state index in [2.05, 4.69) is 5.32 Å². The summed E-state index contributed by atoms with van der Waals surface area (Å²) in [6, 6.07) is 20.3. The fourth-order valence-corrected chi connectivity index (χ4v) is 4.34.